The molecule has 2 aromatic carbocycles. The Labute approximate surface area is 124 Å². The number of hydrogen-bond acceptors (Lipinski definition) is 5. The van der Waals surface area contributed by atoms with Gasteiger partial charge in [-0.05, 0) is 18.2 Å². The van der Waals surface area contributed by atoms with E-state index in [2.05, 4.69) is 15.3 Å². The first kappa shape index (κ1) is 13.3. The van der Waals surface area contributed by atoms with E-state index in [9.17, 15) is 10.1 Å². The van der Waals surface area contributed by atoms with Crippen LogP contribution in [0.2, 0.25) is 5.02 Å². The summed E-state index contributed by atoms with van der Waals surface area (Å²) < 4.78 is 0. The predicted molar refractivity (Wildman–Crippen MR) is 80.9 cm³/mol. The number of nitro groups is 1. The Kier molecular flexibility index (Phi) is 3.37. The molecule has 0 radical (unpaired) electrons. The third-order valence-electron chi connectivity index (χ3n) is 2.94. The summed E-state index contributed by atoms with van der Waals surface area (Å²) in [6.07, 6.45) is 1.38. The van der Waals surface area contributed by atoms with Crippen LogP contribution in [-0.4, -0.2) is 14.9 Å². The number of hydrogen-bond donors (Lipinski definition) is 1. The summed E-state index contributed by atoms with van der Waals surface area (Å²) in [7, 11) is 0. The second-order valence-electron chi connectivity index (χ2n) is 4.29. The van der Waals surface area contributed by atoms with Crippen molar-refractivity contribution in [1.82, 2.24) is 9.97 Å². The highest BCUT2D eigenvalue weighted by Crippen LogP contribution is 2.32. The zero-order valence-electron chi connectivity index (χ0n) is 10.7. The highest BCUT2D eigenvalue weighted by molar-refractivity contribution is 6.33. The van der Waals surface area contributed by atoms with Crippen molar-refractivity contribution in [3.05, 3.63) is 63.9 Å². The fraction of sp³-hybridized carbons (Fsp3) is 0. The normalized spacial score (nSPS) is 10.5. The van der Waals surface area contributed by atoms with Crippen LogP contribution >= 0.6 is 11.6 Å². The molecule has 1 heterocycles. The van der Waals surface area contributed by atoms with Crippen LogP contribution in [0.1, 0.15) is 0 Å². The summed E-state index contributed by atoms with van der Waals surface area (Å²) >= 11 is 5.89. The lowest BCUT2D eigenvalue weighted by atomic mass is 10.2. The molecule has 0 atom stereocenters. The van der Waals surface area contributed by atoms with Gasteiger partial charge in [0.15, 0.2) is 0 Å². The van der Waals surface area contributed by atoms with Gasteiger partial charge in [-0.3, -0.25) is 10.1 Å². The molecule has 104 valence electrons. The molecule has 0 amide bonds. The fourth-order valence-electron chi connectivity index (χ4n) is 1.96. The monoisotopic (exact) mass is 300 g/mol. The van der Waals surface area contributed by atoms with E-state index < -0.39 is 4.92 Å². The average Bonchev–Trinajstić information content (AvgIpc) is 2.47. The molecule has 1 N–H and O–H groups in total. The number of rotatable bonds is 3. The Morgan fingerprint density at radius 3 is 2.62 bits per heavy atom. The molecular weight excluding hydrogens is 292 g/mol. The number of nitrogens with one attached hydrogen (secondary N) is 1. The topological polar surface area (TPSA) is 81.0 Å². The lowest BCUT2D eigenvalue weighted by molar-refractivity contribution is -0.384. The summed E-state index contributed by atoms with van der Waals surface area (Å²) in [6.45, 7) is 0. The van der Waals surface area contributed by atoms with Crippen molar-refractivity contribution in [1.29, 1.82) is 0 Å². The van der Waals surface area contributed by atoms with Gasteiger partial charge in [-0.2, -0.15) is 0 Å². The van der Waals surface area contributed by atoms with E-state index in [1.807, 2.05) is 30.3 Å². The third kappa shape index (κ3) is 2.61. The number of benzene rings is 2. The first-order valence-corrected chi connectivity index (χ1v) is 6.43. The van der Waals surface area contributed by atoms with Crippen LogP contribution in [0.15, 0.2) is 48.8 Å². The Morgan fingerprint density at radius 2 is 1.90 bits per heavy atom. The van der Waals surface area contributed by atoms with Gasteiger partial charge in [0.05, 0.1) is 10.4 Å². The number of anilines is 2. The molecule has 7 heteroatoms. The largest absolute Gasteiger partial charge is 0.340 e. The number of para-hydroxylation sites is 1. The Bertz CT molecular complexity index is 824. The van der Waals surface area contributed by atoms with Gasteiger partial charge in [0.2, 0.25) is 0 Å². The van der Waals surface area contributed by atoms with E-state index in [1.54, 1.807) is 0 Å². The molecule has 0 aliphatic rings. The maximum absolute atomic E-state index is 11.0. The van der Waals surface area contributed by atoms with Crippen LogP contribution in [0.5, 0.6) is 0 Å². The van der Waals surface area contributed by atoms with Crippen molar-refractivity contribution >= 4 is 39.7 Å². The number of halogens is 1. The Hall–Kier alpha value is -2.73. The van der Waals surface area contributed by atoms with E-state index in [0.29, 0.717) is 16.7 Å². The highest BCUT2D eigenvalue weighted by atomic mass is 35.5. The molecule has 0 spiro atoms. The lowest BCUT2D eigenvalue weighted by Gasteiger charge is -2.08. The van der Waals surface area contributed by atoms with Crippen molar-refractivity contribution < 1.29 is 4.92 Å². The first-order valence-electron chi connectivity index (χ1n) is 6.06. The lowest BCUT2D eigenvalue weighted by Crippen LogP contribution is -1.97. The van der Waals surface area contributed by atoms with Gasteiger partial charge in [0, 0.05) is 17.1 Å². The molecule has 3 rings (SSSR count). The molecule has 21 heavy (non-hydrogen) atoms. The second kappa shape index (κ2) is 5.34. The van der Waals surface area contributed by atoms with Gasteiger partial charge in [0.25, 0.3) is 5.69 Å². The first-order chi connectivity index (χ1) is 10.1. The average molecular weight is 301 g/mol. The third-order valence-corrected chi connectivity index (χ3v) is 3.24. The molecule has 0 unspecified atom stereocenters. The molecule has 3 aromatic rings. The molecule has 0 fully saturated rings. The van der Waals surface area contributed by atoms with Crippen molar-refractivity contribution in [3.63, 3.8) is 0 Å². The maximum atomic E-state index is 11.0. The Balaban J connectivity index is 2.14. The molecule has 6 nitrogen and oxygen atoms in total. The van der Waals surface area contributed by atoms with Crippen LogP contribution in [0.3, 0.4) is 0 Å². The number of aromatic nitrogens is 2. The molecular formula is C14H9ClN4O2. The quantitative estimate of drug-likeness (QED) is 0.585. The second-order valence-corrected chi connectivity index (χ2v) is 4.70. The summed E-state index contributed by atoms with van der Waals surface area (Å²) in [5, 5.41) is 14.7. The number of nitro benzene ring substituents is 1. The summed E-state index contributed by atoms with van der Waals surface area (Å²) in [4.78, 5) is 18.7. The van der Waals surface area contributed by atoms with Crippen LogP contribution in [0, 0.1) is 10.1 Å². The van der Waals surface area contributed by atoms with E-state index in [4.69, 9.17) is 11.6 Å². The molecule has 1 aromatic heterocycles. The molecule has 0 saturated carbocycles. The summed E-state index contributed by atoms with van der Waals surface area (Å²) in [5.41, 5.74) is 1.20. The Morgan fingerprint density at radius 1 is 1.14 bits per heavy atom. The van der Waals surface area contributed by atoms with Gasteiger partial charge >= 0.3 is 0 Å². The summed E-state index contributed by atoms with van der Waals surface area (Å²) in [6, 6.07) is 12.2. The van der Waals surface area contributed by atoms with Crippen molar-refractivity contribution in [2.75, 3.05) is 5.32 Å². The zero-order valence-corrected chi connectivity index (χ0v) is 11.4. The predicted octanol–water partition coefficient (Wildman–Crippen LogP) is 3.94. The van der Waals surface area contributed by atoms with Crippen LogP contribution in [-0.2, 0) is 0 Å². The molecule has 0 aliphatic carbocycles. The zero-order chi connectivity index (χ0) is 14.8. The van der Waals surface area contributed by atoms with Crippen LogP contribution < -0.4 is 5.32 Å². The minimum Gasteiger partial charge on any atom is -0.340 e. The SMILES string of the molecule is O=[N+]([O-])c1cc2c(Nc3ccccc3)ncnc2cc1Cl. The van der Waals surface area contributed by atoms with Gasteiger partial charge in [0.1, 0.15) is 17.2 Å². The summed E-state index contributed by atoms with van der Waals surface area (Å²) in [5.74, 6) is 0.492. The van der Waals surface area contributed by atoms with Gasteiger partial charge in [-0.15, -0.1) is 0 Å². The van der Waals surface area contributed by atoms with Gasteiger partial charge in [-0.1, -0.05) is 29.8 Å². The van der Waals surface area contributed by atoms with Crippen molar-refractivity contribution in [2.24, 2.45) is 0 Å². The van der Waals surface area contributed by atoms with E-state index in [0.717, 1.165) is 5.69 Å². The standard InChI is InChI=1S/C14H9ClN4O2/c15-11-7-12-10(6-13(11)19(20)21)14(17-8-16-12)18-9-4-2-1-3-5-9/h1-8H,(H,16,17,18). The number of nitrogens with zero attached hydrogens (tertiary/aromatic N) is 3. The fourth-order valence-corrected chi connectivity index (χ4v) is 2.19. The van der Waals surface area contributed by atoms with Crippen LogP contribution in [0.25, 0.3) is 10.9 Å². The minimum absolute atomic E-state index is 0.0526. The molecule has 0 aliphatic heterocycles. The highest BCUT2D eigenvalue weighted by Gasteiger charge is 2.16. The maximum Gasteiger partial charge on any atom is 0.288 e. The van der Waals surface area contributed by atoms with Crippen molar-refractivity contribution in [3.8, 4) is 0 Å². The van der Waals surface area contributed by atoms with E-state index in [-0.39, 0.29) is 10.7 Å². The van der Waals surface area contributed by atoms with Gasteiger partial charge in [-0.25, -0.2) is 9.97 Å². The van der Waals surface area contributed by atoms with Gasteiger partial charge < -0.3 is 5.32 Å². The molecule has 0 saturated heterocycles. The van der Waals surface area contributed by atoms with Crippen LogP contribution in [0.4, 0.5) is 17.2 Å². The van der Waals surface area contributed by atoms with Crippen molar-refractivity contribution in [2.45, 2.75) is 0 Å². The number of fused-ring (bicyclic) bond motifs is 1. The minimum atomic E-state index is -0.527. The van der Waals surface area contributed by atoms with E-state index in [1.165, 1.54) is 18.5 Å². The smallest absolute Gasteiger partial charge is 0.288 e. The molecule has 0 bridgehead atoms. The van der Waals surface area contributed by atoms with E-state index >= 15 is 0 Å².